The van der Waals surface area contributed by atoms with E-state index in [-0.39, 0.29) is 65.6 Å². The summed E-state index contributed by atoms with van der Waals surface area (Å²) in [6.45, 7) is 0.880. The summed E-state index contributed by atoms with van der Waals surface area (Å²) in [6, 6.07) is 4.52. The highest BCUT2D eigenvalue weighted by atomic mass is 35.5. The average Bonchev–Trinajstić information content (AvgIpc) is 3.14. The molecule has 1 amide bonds. The number of hydrogen-bond donors (Lipinski definition) is 0. The van der Waals surface area contributed by atoms with Crippen LogP contribution in [0.5, 0.6) is 0 Å². The molecule has 0 atom stereocenters. The molecule has 1 aliphatic rings. The van der Waals surface area contributed by atoms with Crippen molar-refractivity contribution < 1.29 is 13.2 Å². The summed E-state index contributed by atoms with van der Waals surface area (Å²) in [7, 11) is -2.19. The van der Waals surface area contributed by atoms with Gasteiger partial charge in [-0.05, 0) is 12.1 Å². The van der Waals surface area contributed by atoms with Crippen LogP contribution in [0.25, 0.3) is 11.0 Å². The number of aromatic nitrogens is 4. The van der Waals surface area contributed by atoms with Gasteiger partial charge in [-0.15, -0.1) is 0 Å². The molecule has 0 unspecified atom stereocenters. The number of rotatable bonds is 5. The summed E-state index contributed by atoms with van der Waals surface area (Å²) < 4.78 is 30.1. The Labute approximate surface area is 194 Å². The van der Waals surface area contributed by atoms with E-state index >= 15 is 0 Å². The molecule has 0 N–H and O–H groups in total. The van der Waals surface area contributed by atoms with Crippen LogP contribution in [0.1, 0.15) is 6.42 Å². The molecule has 0 aliphatic carbocycles. The summed E-state index contributed by atoms with van der Waals surface area (Å²) in [4.78, 5) is 30.8. The molecular weight excluding hydrogens is 479 g/mol. The van der Waals surface area contributed by atoms with Gasteiger partial charge in [0.15, 0.2) is 5.65 Å². The van der Waals surface area contributed by atoms with E-state index in [9.17, 15) is 18.0 Å². The number of aryl methyl sites for hydroxylation is 2. The Balaban J connectivity index is 1.39. The Morgan fingerprint density at radius 2 is 1.78 bits per heavy atom. The molecule has 3 aromatic rings. The number of amides is 1. The Bertz CT molecular complexity index is 1330. The fourth-order valence-electron chi connectivity index (χ4n) is 3.64. The molecule has 1 fully saturated rings. The predicted octanol–water partition coefficient (Wildman–Crippen LogP) is 1.36. The molecular formula is C19H20Cl2N6O4S. The van der Waals surface area contributed by atoms with Crippen LogP contribution in [0.4, 0.5) is 0 Å². The number of carbonyl (C=O) groups is 1. The van der Waals surface area contributed by atoms with Gasteiger partial charge < -0.3 is 4.90 Å². The van der Waals surface area contributed by atoms with Gasteiger partial charge >= 0.3 is 0 Å². The van der Waals surface area contributed by atoms with E-state index in [1.165, 1.54) is 38.2 Å². The maximum Gasteiger partial charge on any atom is 0.264 e. The zero-order chi connectivity index (χ0) is 23.0. The summed E-state index contributed by atoms with van der Waals surface area (Å²) in [5.41, 5.74) is 0.219. The van der Waals surface area contributed by atoms with Gasteiger partial charge in [0.05, 0.1) is 22.6 Å². The lowest BCUT2D eigenvalue weighted by atomic mass is 10.3. The van der Waals surface area contributed by atoms with Crippen molar-refractivity contribution in [1.29, 1.82) is 0 Å². The lowest BCUT2D eigenvalue weighted by molar-refractivity contribution is -0.132. The van der Waals surface area contributed by atoms with Gasteiger partial charge in [0.1, 0.15) is 10.3 Å². The first-order chi connectivity index (χ1) is 15.2. The second-order valence-electron chi connectivity index (χ2n) is 7.33. The largest absolute Gasteiger partial charge is 0.340 e. The van der Waals surface area contributed by atoms with Gasteiger partial charge in [0.2, 0.25) is 15.9 Å². The molecule has 10 nitrogen and oxygen atoms in total. The molecule has 0 spiro atoms. The van der Waals surface area contributed by atoms with Gasteiger partial charge in [0, 0.05) is 46.2 Å². The Hall–Kier alpha value is -2.47. The quantitative estimate of drug-likeness (QED) is 0.525. The fourth-order valence-corrected chi connectivity index (χ4v) is 6.15. The van der Waals surface area contributed by atoms with Gasteiger partial charge in [0.25, 0.3) is 5.56 Å². The highest BCUT2D eigenvalue weighted by molar-refractivity contribution is 7.89. The topological polar surface area (TPSA) is 110 Å². The van der Waals surface area contributed by atoms with E-state index in [4.69, 9.17) is 23.2 Å². The van der Waals surface area contributed by atoms with Crippen LogP contribution in [0, 0.1) is 0 Å². The van der Waals surface area contributed by atoms with E-state index in [0.29, 0.717) is 11.0 Å². The molecule has 1 aliphatic heterocycles. The van der Waals surface area contributed by atoms with Crippen molar-refractivity contribution in [3.63, 3.8) is 0 Å². The number of sulfonamides is 1. The SMILES string of the molecule is Cn1ncc2c(=O)n(CCC(=O)N3CCN(S(=O)(=O)c4c(Cl)cccc4Cl)CC3)cnc21. The lowest BCUT2D eigenvalue weighted by Crippen LogP contribution is -2.50. The monoisotopic (exact) mass is 498 g/mol. The number of halogens is 2. The standard InChI is InChI=1S/C19H20Cl2N6O4S/c1-24-18-13(11-23-24)19(29)26(12-22-18)6-5-16(28)25-7-9-27(10-8-25)32(30,31)17-14(20)3-2-4-15(17)21/h2-4,11-12H,5-10H2,1H3. The number of hydrogen-bond acceptors (Lipinski definition) is 6. The summed E-state index contributed by atoms with van der Waals surface area (Å²) >= 11 is 12.1. The van der Waals surface area contributed by atoms with E-state index in [2.05, 4.69) is 10.1 Å². The van der Waals surface area contributed by atoms with Crippen molar-refractivity contribution in [3.05, 3.63) is 51.1 Å². The van der Waals surface area contributed by atoms with E-state index in [1.807, 2.05) is 0 Å². The number of nitrogens with zero attached hydrogens (tertiary/aromatic N) is 6. The van der Waals surface area contributed by atoms with Gasteiger partial charge in [-0.1, -0.05) is 29.3 Å². The summed E-state index contributed by atoms with van der Waals surface area (Å²) in [5, 5.41) is 4.52. The van der Waals surface area contributed by atoms with Crippen LogP contribution in [0.15, 0.2) is 40.4 Å². The summed E-state index contributed by atoms with van der Waals surface area (Å²) in [5.74, 6) is -0.170. The maximum atomic E-state index is 13.0. The second kappa shape index (κ2) is 8.81. The van der Waals surface area contributed by atoms with Crippen LogP contribution in [0.2, 0.25) is 10.0 Å². The minimum Gasteiger partial charge on any atom is -0.340 e. The lowest BCUT2D eigenvalue weighted by Gasteiger charge is -2.34. The molecule has 32 heavy (non-hydrogen) atoms. The number of benzene rings is 1. The summed E-state index contributed by atoms with van der Waals surface area (Å²) in [6.07, 6.45) is 2.95. The highest BCUT2D eigenvalue weighted by Gasteiger charge is 2.32. The van der Waals surface area contributed by atoms with Gasteiger partial charge in [-0.3, -0.25) is 18.8 Å². The zero-order valence-corrected chi connectivity index (χ0v) is 19.4. The van der Waals surface area contributed by atoms with Crippen molar-refractivity contribution in [2.24, 2.45) is 7.05 Å². The molecule has 0 radical (unpaired) electrons. The first-order valence-electron chi connectivity index (χ1n) is 9.79. The van der Waals surface area contributed by atoms with Crippen molar-refractivity contribution >= 4 is 50.2 Å². The third kappa shape index (κ3) is 4.13. The molecule has 13 heteroatoms. The molecule has 0 saturated carbocycles. The minimum absolute atomic E-state index is 0.0562. The van der Waals surface area contributed by atoms with E-state index < -0.39 is 10.0 Å². The molecule has 1 saturated heterocycles. The zero-order valence-electron chi connectivity index (χ0n) is 17.1. The molecule has 3 heterocycles. The van der Waals surface area contributed by atoms with Crippen LogP contribution in [-0.4, -0.2) is 69.0 Å². The first-order valence-corrected chi connectivity index (χ1v) is 12.0. The van der Waals surface area contributed by atoms with Crippen molar-refractivity contribution in [1.82, 2.24) is 28.5 Å². The highest BCUT2D eigenvalue weighted by Crippen LogP contribution is 2.31. The third-order valence-corrected chi connectivity index (χ3v) is 8.25. The molecule has 2 aromatic heterocycles. The average molecular weight is 499 g/mol. The molecule has 4 rings (SSSR count). The van der Waals surface area contributed by atoms with Crippen molar-refractivity contribution in [3.8, 4) is 0 Å². The Morgan fingerprint density at radius 3 is 2.44 bits per heavy atom. The van der Waals surface area contributed by atoms with E-state index in [0.717, 1.165) is 0 Å². The third-order valence-electron chi connectivity index (χ3n) is 5.39. The molecule has 1 aromatic carbocycles. The minimum atomic E-state index is -3.88. The fraction of sp³-hybridized carbons (Fsp3) is 0.368. The van der Waals surface area contributed by atoms with E-state index in [1.54, 1.807) is 18.0 Å². The normalized spacial score (nSPS) is 15.4. The van der Waals surface area contributed by atoms with Gasteiger partial charge in [-0.25, -0.2) is 13.4 Å². The van der Waals surface area contributed by atoms with Crippen molar-refractivity contribution in [2.45, 2.75) is 17.9 Å². The Morgan fingerprint density at radius 1 is 1.12 bits per heavy atom. The van der Waals surface area contributed by atoms with Crippen molar-refractivity contribution in [2.75, 3.05) is 26.2 Å². The van der Waals surface area contributed by atoms with Crippen LogP contribution in [0.3, 0.4) is 0 Å². The van der Waals surface area contributed by atoms with Crippen LogP contribution in [-0.2, 0) is 28.4 Å². The maximum absolute atomic E-state index is 13.0. The number of piperazine rings is 1. The number of fused-ring (bicyclic) bond motifs is 1. The number of carbonyl (C=O) groups excluding carboxylic acids is 1. The van der Waals surface area contributed by atoms with Crippen LogP contribution < -0.4 is 5.56 Å². The second-order valence-corrected chi connectivity index (χ2v) is 10.0. The predicted molar refractivity (Wildman–Crippen MR) is 119 cm³/mol. The smallest absolute Gasteiger partial charge is 0.264 e. The van der Waals surface area contributed by atoms with Crippen LogP contribution >= 0.6 is 23.2 Å². The molecule has 0 bridgehead atoms. The molecule has 170 valence electrons. The first kappa shape index (κ1) is 22.7. The van der Waals surface area contributed by atoms with Gasteiger partial charge in [-0.2, -0.15) is 9.40 Å². The Kier molecular flexibility index (Phi) is 6.26.